The van der Waals surface area contributed by atoms with Crippen molar-refractivity contribution in [2.75, 3.05) is 19.7 Å². The Labute approximate surface area is 209 Å². The molecular weight excluding hydrogens is 460 g/mol. The highest BCUT2D eigenvalue weighted by Crippen LogP contribution is 2.26. The first-order valence-electron chi connectivity index (χ1n) is 11.8. The van der Waals surface area contributed by atoms with E-state index in [9.17, 15) is 19.5 Å². The SMILES string of the molecule is C[C@@H](c1ccc(O)cc1)[C@H](N)C(=O)NCCCCOc1cc2ccccc2cc1C(=O)NCC(N)=O. The van der Waals surface area contributed by atoms with Crippen molar-refractivity contribution in [2.24, 2.45) is 11.5 Å². The molecule has 7 N–H and O–H groups in total. The van der Waals surface area contributed by atoms with Crippen LogP contribution >= 0.6 is 0 Å². The Bertz CT molecular complexity index is 1210. The van der Waals surface area contributed by atoms with Gasteiger partial charge in [-0.25, -0.2) is 0 Å². The maximum absolute atomic E-state index is 12.6. The van der Waals surface area contributed by atoms with Gasteiger partial charge in [-0.15, -0.1) is 0 Å². The van der Waals surface area contributed by atoms with Crippen LogP contribution in [-0.2, 0) is 9.59 Å². The Balaban J connectivity index is 1.50. The fraction of sp³-hybridized carbons (Fsp3) is 0.296. The minimum Gasteiger partial charge on any atom is -0.508 e. The molecule has 0 unspecified atom stereocenters. The standard InChI is InChI=1S/C27H32N4O5/c1-17(18-8-10-21(32)11-9-18)25(29)27(35)30-12-4-5-13-36-23-15-20-7-3-2-6-19(20)14-22(23)26(34)31-16-24(28)33/h2-3,6-11,14-15,17,25,32H,4-5,12-13,16,29H2,1H3,(H2,28,33)(H,30,35)(H,31,34)/t17-,25-/m0/s1. The number of aromatic hydroxyl groups is 1. The summed E-state index contributed by atoms with van der Waals surface area (Å²) in [6.45, 7) is 2.37. The van der Waals surface area contributed by atoms with Crippen molar-refractivity contribution in [1.29, 1.82) is 0 Å². The van der Waals surface area contributed by atoms with Gasteiger partial charge in [0, 0.05) is 12.5 Å². The Morgan fingerprint density at radius 1 is 0.972 bits per heavy atom. The van der Waals surface area contributed by atoms with E-state index in [1.165, 1.54) is 0 Å². The first-order chi connectivity index (χ1) is 17.3. The number of nitrogens with two attached hydrogens (primary N) is 2. The van der Waals surface area contributed by atoms with E-state index in [1.807, 2.05) is 31.2 Å². The zero-order valence-electron chi connectivity index (χ0n) is 20.2. The predicted molar refractivity (Wildman–Crippen MR) is 138 cm³/mol. The van der Waals surface area contributed by atoms with Crippen LogP contribution in [0.3, 0.4) is 0 Å². The number of unbranched alkanes of at least 4 members (excludes halogenated alkanes) is 1. The molecule has 0 saturated carbocycles. The smallest absolute Gasteiger partial charge is 0.255 e. The third-order valence-electron chi connectivity index (χ3n) is 5.90. The van der Waals surface area contributed by atoms with E-state index in [1.54, 1.807) is 36.4 Å². The summed E-state index contributed by atoms with van der Waals surface area (Å²) in [5.74, 6) is -0.970. The van der Waals surface area contributed by atoms with Gasteiger partial charge in [0.1, 0.15) is 11.5 Å². The molecule has 9 nitrogen and oxygen atoms in total. The zero-order valence-corrected chi connectivity index (χ0v) is 20.2. The molecule has 0 bridgehead atoms. The largest absolute Gasteiger partial charge is 0.508 e. The van der Waals surface area contributed by atoms with E-state index < -0.39 is 17.9 Å². The third kappa shape index (κ3) is 7.19. The number of carbonyl (C=O) groups excluding carboxylic acids is 3. The molecule has 3 aromatic carbocycles. The Hall–Kier alpha value is -4.11. The van der Waals surface area contributed by atoms with Gasteiger partial charge in [-0.1, -0.05) is 43.3 Å². The molecule has 0 aliphatic heterocycles. The predicted octanol–water partition coefficient (Wildman–Crippen LogP) is 2.17. The average molecular weight is 493 g/mol. The number of hydrogen-bond acceptors (Lipinski definition) is 6. The molecule has 3 rings (SSSR count). The van der Waals surface area contributed by atoms with Crippen LogP contribution < -0.4 is 26.8 Å². The van der Waals surface area contributed by atoms with Crippen molar-refractivity contribution in [2.45, 2.75) is 31.7 Å². The van der Waals surface area contributed by atoms with Crippen molar-refractivity contribution >= 4 is 28.5 Å². The highest BCUT2D eigenvalue weighted by molar-refractivity contribution is 6.02. The molecule has 0 spiro atoms. The second kappa shape index (κ2) is 12.6. The second-order valence-corrected chi connectivity index (χ2v) is 8.60. The van der Waals surface area contributed by atoms with Gasteiger partial charge in [0.05, 0.1) is 24.8 Å². The van der Waals surface area contributed by atoms with Crippen molar-refractivity contribution < 1.29 is 24.2 Å². The number of fused-ring (bicyclic) bond motifs is 1. The maximum Gasteiger partial charge on any atom is 0.255 e. The number of ether oxygens (including phenoxy) is 1. The van der Waals surface area contributed by atoms with Gasteiger partial charge in [-0.05, 0) is 53.4 Å². The normalized spacial score (nSPS) is 12.5. The molecule has 0 saturated heterocycles. The van der Waals surface area contributed by atoms with Crippen LogP contribution in [0.2, 0.25) is 0 Å². The van der Waals surface area contributed by atoms with Gasteiger partial charge in [-0.3, -0.25) is 14.4 Å². The third-order valence-corrected chi connectivity index (χ3v) is 5.90. The van der Waals surface area contributed by atoms with Gasteiger partial charge in [0.2, 0.25) is 11.8 Å². The van der Waals surface area contributed by atoms with E-state index in [2.05, 4.69) is 10.6 Å². The summed E-state index contributed by atoms with van der Waals surface area (Å²) in [5.41, 5.74) is 12.4. The van der Waals surface area contributed by atoms with Gasteiger partial charge >= 0.3 is 0 Å². The minimum absolute atomic E-state index is 0.160. The van der Waals surface area contributed by atoms with Gasteiger partial charge < -0.3 is 31.9 Å². The first kappa shape index (κ1) is 26.5. The maximum atomic E-state index is 12.6. The van der Waals surface area contributed by atoms with E-state index in [0.29, 0.717) is 37.3 Å². The van der Waals surface area contributed by atoms with Crippen molar-refractivity contribution in [1.82, 2.24) is 10.6 Å². The highest BCUT2D eigenvalue weighted by Gasteiger charge is 2.22. The molecule has 0 fully saturated rings. The molecule has 190 valence electrons. The van der Waals surface area contributed by atoms with Crippen LogP contribution in [0.25, 0.3) is 10.8 Å². The zero-order chi connectivity index (χ0) is 26.1. The fourth-order valence-corrected chi connectivity index (χ4v) is 3.73. The summed E-state index contributed by atoms with van der Waals surface area (Å²) in [6, 6.07) is 17.0. The van der Waals surface area contributed by atoms with E-state index in [4.69, 9.17) is 16.2 Å². The fourth-order valence-electron chi connectivity index (χ4n) is 3.73. The summed E-state index contributed by atoms with van der Waals surface area (Å²) >= 11 is 0. The summed E-state index contributed by atoms with van der Waals surface area (Å²) < 4.78 is 5.90. The molecule has 3 aromatic rings. The number of rotatable bonds is 12. The van der Waals surface area contributed by atoms with Crippen LogP contribution in [0, 0.1) is 0 Å². The number of primary amides is 1. The summed E-state index contributed by atoms with van der Waals surface area (Å²) in [7, 11) is 0. The van der Waals surface area contributed by atoms with Crippen LogP contribution in [0.1, 0.15) is 41.6 Å². The van der Waals surface area contributed by atoms with Gasteiger partial charge in [0.25, 0.3) is 5.91 Å². The number of phenols is 1. The molecule has 3 amide bonds. The number of phenolic OH excluding ortho intramolecular Hbond substituents is 1. The molecule has 36 heavy (non-hydrogen) atoms. The quantitative estimate of drug-likeness (QED) is 0.244. The molecule has 0 heterocycles. The van der Waals surface area contributed by atoms with Crippen LogP contribution in [0.4, 0.5) is 0 Å². The minimum atomic E-state index is -0.718. The summed E-state index contributed by atoms with van der Waals surface area (Å²) in [4.78, 5) is 36.1. The molecule has 2 atom stereocenters. The molecule has 0 aliphatic rings. The van der Waals surface area contributed by atoms with Gasteiger partial charge in [0.15, 0.2) is 0 Å². The number of benzene rings is 3. The van der Waals surface area contributed by atoms with Crippen LogP contribution in [0.5, 0.6) is 11.5 Å². The number of amides is 3. The molecular formula is C27H32N4O5. The molecule has 0 radical (unpaired) electrons. The topological polar surface area (TPSA) is 157 Å². The van der Waals surface area contributed by atoms with Crippen LogP contribution in [0.15, 0.2) is 60.7 Å². The lowest BCUT2D eigenvalue weighted by Crippen LogP contribution is -2.44. The molecule has 0 aliphatic carbocycles. The number of nitrogens with one attached hydrogen (secondary N) is 2. The Kier molecular flexibility index (Phi) is 9.24. The summed E-state index contributed by atoms with van der Waals surface area (Å²) in [6.07, 6.45) is 1.29. The van der Waals surface area contributed by atoms with Crippen molar-refractivity contribution in [3.05, 3.63) is 71.8 Å². The van der Waals surface area contributed by atoms with Gasteiger partial charge in [-0.2, -0.15) is 0 Å². The lowest BCUT2D eigenvalue weighted by molar-refractivity contribution is -0.122. The summed E-state index contributed by atoms with van der Waals surface area (Å²) in [5, 5.41) is 16.6. The van der Waals surface area contributed by atoms with E-state index in [-0.39, 0.29) is 24.1 Å². The van der Waals surface area contributed by atoms with E-state index in [0.717, 1.165) is 16.3 Å². The van der Waals surface area contributed by atoms with Crippen molar-refractivity contribution in [3.63, 3.8) is 0 Å². The monoisotopic (exact) mass is 492 g/mol. The van der Waals surface area contributed by atoms with Crippen LogP contribution in [-0.4, -0.2) is 48.6 Å². The highest BCUT2D eigenvalue weighted by atomic mass is 16.5. The molecule has 0 aromatic heterocycles. The lowest BCUT2D eigenvalue weighted by Gasteiger charge is -2.20. The lowest BCUT2D eigenvalue weighted by atomic mass is 9.93. The second-order valence-electron chi connectivity index (χ2n) is 8.60. The number of carbonyl (C=O) groups is 3. The van der Waals surface area contributed by atoms with Crippen molar-refractivity contribution in [3.8, 4) is 11.5 Å². The van der Waals surface area contributed by atoms with E-state index >= 15 is 0 Å². The number of hydrogen-bond donors (Lipinski definition) is 5. The first-order valence-corrected chi connectivity index (χ1v) is 11.8. The Morgan fingerprint density at radius 2 is 1.64 bits per heavy atom. The molecule has 9 heteroatoms. The average Bonchev–Trinajstić information content (AvgIpc) is 2.88. The Morgan fingerprint density at radius 3 is 2.31 bits per heavy atom.